The van der Waals surface area contributed by atoms with Crippen molar-refractivity contribution in [3.63, 3.8) is 0 Å². The number of rotatable bonds is 7. The summed E-state index contributed by atoms with van der Waals surface area (Å²) in [5.41, 5.74) is -0.291. The maximum atomic E-state index is 11.7. The normalized spacial score (nSPS) is 14.7. The van der Waals surface area contributed by atoms with E-state index >= 15 is 0 Å². The summed E-state index contributed by atoms with van der Waals surface area (Å²) in [7, 11) is 1.31. The highest BCUT2D eigenvalue weighted by atomic mass is 16.5. The van der Waals surface area contributed by atoms with Crippen molar-refractivity contribution in [1.29, 1.82) is 0 Å². The molecule has 1 heterocycles. The van der Waals surface area contributed by atoms with Crippen LogP contribution < -0.4 is 0 Å². The smallest absolute Gasteiger partial charge is 0.314 e. The van der Waals surface area contributed by atoms with Gasteiger partial charge < -0.3 is 14.3 Å². The zero-order valence-corrected chi connectivity index (χ0v) is 13.4. The molecule has 0 radical (unpaired) electrons. The quantitative estimate of drug-likeness (QED) is 0.619. The first-order valence-corrected chi connectivity index (χ1v) is 7.03. The van der Waals surface area contributed by atoms with Crippen LogP contribution in [0.15, 0.2) is 53.0 Å². The molecule has 0 fully saturated rings. The lowest BCUT2D eigenvalue weighted by Gasteiger charge is -2.28. The minimum absolute atomic E-state index is 0.441. The molecule has 0 amide bonds. The number of aliphatic hydroxyl groups excluding tert-OH is 1. The van der Waals surface area contributed by atoms with Gasteiger partial charge in [0.05, 0.1) is 24.8 Å². The van der Waals surface area contributed by atoms with Crippen LogP contribution in [0.5, 0.6) is 0 Å². The number of allylic oxidation sites excluding steroid dienone is 5. The van der Waals surface area contributed by atoms with Gasteiger partial charge in [-0.2, -0.15) is 0 Å². The van der Waals surface area contributed by atoms with Crippen LogP contribution in [0.2, 0.25) is 0 Å². The van der Waals surface area contributed by atoms with Crippen LogP contribution in [0, 0.1) is 5.41 Å². The Morgan fingerprint density at radius 1 is 1.45 bits per heavy atom. The molecule has 22 heavy (non-hydrogen) atoms. The Bertz CT molecular complexity index is 553. The van der Waals surface area contributed by atoms with Crippen LogP contribution in [0.3, 0.4) is 0 Å². The van der Waals surface area contributed by atoms with E-state index in [0.29, 0.717) is 12.0 Å². The van der Waals surface area contributed by atoms with E-state index in [1.807, 2.05) is 24.3 Å². The number of carbonyl (C=O) groups excluding carboxylic acids is 1. The summed E-state index contributed by atoms with van der Waals surface area (Å²) in [5.74, 6) is 0.357. The molecule has 0 spiro atoms. The second kappa shape index (κ2) is 8.34. The molecule has 120 valence electrons. The predicted octanol–water partition coefficient (Wildman–Crippen LogP) is 2.84. The van der Waals surface area contributed by atoms with Gasteiger partial charge in [-0.25, -0.2) is 4.98 Å². The Kier molecular flexibility index (Phi) is 6.79. The van der Waals surface area contributed by atoms with Gasteiger partial charge in [0.2, 0.25) is 0 Å². The SMILES string of the molecule is COC(=O)C(C)(C)[C@H](O)\C(C)=C/C=C\C=C\Cc1cnco1. The molecule has 1 aromatic rings. The lowest BCUT2D eigenvalue weighted by atomic mass is 9.83. The molecule has 1 N–H and O–H groups in total. The lowest BCUT2D eigenvalue weighted by molar-refractivity contribution is -0.155. The molecule has 0 aliphatic rings. The van der Waals surface area contributed by atoms with Crippen LogP contribution in [0.4, 0.5) is 0 Å². The molecule has 1 atom stereocenters. The third-order valence-electron chi connectivity index (χ3n) is 3.35. The van der Waals surface area contributed by atoms with Gasteiger partial charge in [0, 0.05) is 6.42 Å². The summed E-state index contributed by atoms with van der Waals surface area (Å²) in [5, 5.41) is 10.2. The van der Waals surface area contributed by atoms with E-state index in [4.69, 9.17) is 9.15 Å². The highest BCUT2D eigenvalue weighted by Gasteiger charge is 2.37. The third kappa shape index (κ3) is 5.00. The minimum Gasteiger partial charge on any atom is -0.469 e. The van der Waals surface area contributed by atoms with Crippen molar-refractivity contribution < 1.29 is 19.1 Å². The second-order valence-electron chi connectivity index (χ2n) is 5.51. The number of oxazole rings is 1. The van der Waals surface area contributed by atoms with Gasteiger partial charge in [-0.05, 0) is 26.3 Å². The van der Waals surface area contributed by atoms with E-state index in [1.54, 1.807) is 33.0 Å². The van der Waals surface area contributed by atoms with Crippen molar-refractivity contribution in [3.05, 3.63) is 54.3 Å². The number of esters is 1. The minimum atomic E-state index is -0.981. The topological polar surface area (TPSA) is 72.6 Å². The van der Waals surface area contributed by atoms with Gasteiger partial charge in [0.15, 0.2) is 6.39 Å². The fourth-order valence-corrected chi connectivity index (χ4v) is 1.91. The first-order chi connectivity index (χ1) is 10.4. The Labute approximate surface area is 131 Å². The molecular weight excluding hydrogens is 282 g/mol. The van der Waals surface area contributed by atoms with E-state index in [1.165, 1.54) is 13.5 Å². The van der Waals surface area contributed by atoms with Gasteiger partial charge in [0.1, 0.15) is 5.76 Å². The standard InChI is InChI=1S/C17H23NO4/c1-13(15(19)17(2,3)16(20)21-4)9-7-5-6-8-10-14-11-18-12-22-14/h5-9,11-12,15,19H,10H2,1-4H3/b7-5-,8-6+,13-9-/t15-/m1/s1. The molecule has 0 unspecified atom stereocenters. The highest BCUT2D eigenvalue weighted by molar-refractivity contribution is 5.77. The first-order valence-electron chi connectivity index (χ1n) is 7.03. The Hall–Kier alpha value is -2.14. The number of ether oxygens (including phenoxy) is 1. The summed E-state index contributed by atoms with van der Waals surface area (Å²) in [6, 6.07) is 0. The van der Waals surface area contributed by atoms with E-state index < -0.39 is 17.5 Å². The molecule has 0 aliphatic carbocycles. The molecule has 1 rings (SSSR count). The summed E-state index contributed by atoms with van der Waals surface area (Å²) < 4.78 is 9.81. The summed E-state index contributed by atoms with van der Waals surface area (Å²) in [4.78, 5) is 15.5. The van der Waals surface area contributed by atoms with Crippen LogP contribution in [-0.4, -0.2) is 29.3 Å². The first kappa shape index (κ1) is 17.9. The summed E-state index contributed by atoms with van der Waals surface area (Å²) in [6.07, 6.45) is 12.1. The molecule has 5 heteroatoms. The predicted molar refractivity (Wildman–Crippen MR) is 84.0 cm³/mol. The molecular formula is C17H23NO4. The van der Waals surface area contributed by atoms with Crippen molar-refractivity contribution in [2.45, 2.75) is 33.3 Å². The van der Waals surface area contributed by atoms with Gasteiger partial charge in [-0.1, -0.05) is 30.4 Å². The Morgan fingerprint density at radius 2 is 2.18 bits per heavy atom. The molecule has 5 nitrogen and oxygen atoms in total. The lowest BCUT2D eigenvalue weighted by Crippen LogP contribution is -2.38. The number of aromatic nitrogens is 1. The number of hydrogen-bond donors (Lipinski definition) is 1. The van der Waals surface area contributed by atoms with Crippen LogP contribution >= 0.6 is 0 Å². The van der Waals surface area contributed by atoms with Gasteiger partial charge >= 0.3 is 5.97 Å². The molecule has 1 aromatic heterocycles. The molecule has 0 saturated carbocycles. The zero-order valence-electron chi connectivity index (χ0n) is 13.4. The largest absolute Gasteiger partial charge is 0.469 e. The number of carbonyl (C=O) groups is 1. The van der Waals surface area contributed by atoms with E-state index in [0.717, 1.165) is 5.76 Å². The number of hydrogen-bond acceptors (Lipinski definition) is 5. The number of aliphatic hydroxyl groups is 1. The zero-order chi connectivity index (χ0) is 16.6. The van der Waals surface area contributed by atoms with Gasteiger partial charge in [0.25, 0.3) is 0 Å². The fourth-order valence-electron chi connectivity index (χ4n) is 1.91. The third-order valence-corrected chi connectivity index (χ3v) is 3.35. The average molecular weight is 305 g/mol. The van der Waals surface area contributed by atoms with Crippen molar-refractivity contribution in [3.8, 4) is 0 Å². The summed E-state index contributed by atoms with van der Waals surface area (Å²) in [6.45, 7) is 5.08. The molecule has 0 aromatic carbocycles. The van der Waals surface area contributed by atoms with Crippen molar-refractivity contribution >= 4 is 5.97 Å². The van der Waals surface area contributed by atoms with Crippen LogP contribution in [-0.2, 0) is 16.0 Å². The Balaban J connectivity index is 2.55. The van der Waals surface area contributed by atoms with Crippen LogP contribution in [0.25, 0.3) is 0 Å². The second-order valence-corrected chi connectivity index (χ2v) is 5.51. The number of methoxy groups -OCH3 is 1. The van der Waals surface area contributed by atoms with Crippen molar-refractivity contribution in [2.24, 2.45) is 5.41 Å². The van der Waals surface area contributed by atoms with E-state index in [2.05, 4.69) is 4.98 Å². The number of nitrogens with zero attached hydrogens (tertiary/aromatic N) is 1. The molecule has 0 bridgehead atoms. The highest BCUT2D eigenvalue weighted by Crippen LogP contribution is 2.27. The van der Waals surface area contributed by atoms with Gasteiger partial charge in [-0.15, -0.1) is 0 Å². The molecule has 0 saturated heterocycles. The maximum absolute atomic E-state index is 11.7. The Morgan fingerprint density at radius 3 is 2.77 bits per heavy atom. The molecule has 0 aliphatic heterocycles. The van der Waals surface area contributed by atoms with Crippen molar-refractivity contribution in [1.82, 2.24) is 4.98 Å². The summed E-state index contributed by atoms with van der Waals surface area (Å²) >= 11 is 0. The van der Waals surface area contributed by atoms with E-state index in [9.17, 15) is 9.90 Å². The monoisotopic (exact) mass is 305 g/mol. The van der Waals surface area contributed by atoms with E-state index in [-0.39, 0.29) is 0 Å². The fraction of sp³-hybridized carbons (Fsp3) is 0.412. The maximum Gasteiger partial charge on any atom is 0.314 e. The van der Waals surface area contributed by atoms with Crippen LogP contribution in [0.1, 0.15) is 26.5 Å². The van der Waals surface area contributed by atoms with Gasteiger partial charge in [-0.3, -0.25) is 4.79 Å². The average Bonchev–Trinajstić information content (AvgIpc) is 3.01. The van der Waals surface area contributed by atoms with Crippen molar-refractivity contribution in [2.75, 3.05) is 7.11 Å².